The van der Waals surface area contributed by atoms with E-state index in [0.717, 1.165) is 43.5 Å². The molecule has 154 valence electrons. The molecule has 0 aromatic heterocycles. The molecule has 0 aromatic carbocycles. The van der Waals surface area contributed by atoms with Gasteiger partial charge in [0.25, 0.3) is 6.08 Å². The molecule has 3 aliphatic rings. The lowest BCUT2D eigenvalue weighted by Gasteiger charge is -2.41. The maximum atomic E-state index is 12.2. The van der Waals surface area contributed by atoms with Gasteiger partial charge in [-0.15, -0.1) is 0 Å². The van der Waals surface area contributed by atoms with Crippen molar-refractivity contribution in [1.29, 1.82) is 0 Å². The zero-order valence-electron chi connectivity index (χ0n) is 16.8. The fourth-order valence-corrected chi connectivity index (χ4v) is 5.54. The Hall–Kier alpha value is -0.740. The summed E-state index contributed by atoms with van der Waals surface area (Å²) >= 11 is 0. The molecule has 2 saturated carbocycles. The molecule has 1 saturated heterocycles. The van der Waals surface area contributed by atoms with Gasteiger partial charge in [-0.05, 0) is 94.1 Å². The predicted molar refractivity (Wildman–Crippen MR) is 104 cm³/mol. The van der Waals surface area contributed by atoms with Crippen LogP contribution in [0, 0.1) is 29.6 Å². The van der Waals surface area contributed by atoms with E-state index in [1.165, 1.54) is 51.4 Å². The highest BCUT2D eigenvalue weighted by atomic mass is 19.3. The Morgan fingerprint density at radius 3 is 1.85 bits per heavy atom. The molecule has 0 spiro atoms. The first-order valence-electron chi connectivity index (χ1n) is 11.0. The van der Waals surface area contributed by atoms with Crippen LogP contribution in [0.25, 0.3) is 0 Å². The Balaban J connectivity index is 1.34. The van der Waals surface area contributed by atoms with Gasteiger partial charge in [-0.25, -0.2) is 0 Å². The maximum Gasteiger partial charge on any atom is 0.266 e. The van der Waals surface area contributed by atoms with Crippen molar-refractivity contribution in [3.63, 3.8) is 0 Å². The van der Waals surface area contributed by atoms with Crippen molar-refractivity contribution >= 4 is 0 Å². The molecule has 0 atom stereocenters. The molecule has 0 bridgehead atoms. The molecule has 2 aliphatic carbocycles. The molecule has 1 aliphatic heterocycles. The number of halogens is 2. The van der Waals surface area contributed by atoms with E-state index < -0.39 is 6.08 Å². The molecule has 0 unspecified atom stereocenters. The van der Waals surface area contributed by atoms with E-state index in [1.54, 1.807) is 0 Å². The van der Waals surface area contributed by atoms with E-state index in [4.69, 9.17) is 9.47 Å². The van der Waals surface area contributed by atoms with Crippen LogP contribution in [0.3, 0.4) is 0 Å². The molecular weight excluding hydrogens is 346 g/mol. The number of hydrogen-bond acceptors (Lipinski definition) is 2. The summed E-state index contributed by atoms with van der Waals surface area (Å²) in [7, 11) is 0. The Morgan fingerprint density at radius 1 is 0.815 bits per heavy atom. The largest absolute Gasteiger partial charge is 0.349 e. The summed E-state index contributed by atoms with van der Waals surface area (Å²) < 4.78 is 36.0. The number of allylic oxidation sites excluding steroid dienone is 2. The Bertz CT molecular complexity index is 477. The van der Waals surface area contributed by atoms with Gasteiger partial charge >= 0.3 is 0 Å². The molecular formula is C23H36F2O2. The summed E-state index contributed by atoms with van der Waals surface area (Å²) in [5.74, 6) is 3.73. The standard InChI is InChI=1S/C23H36F2O2/c1-2-4-23-26-15-21(16-27-23)20-13-11-19(12-14-20)18-9-7-17(8-10-18)5-3-6-22(24)25/h2,4,6,17-21,23H,3,5,7-16H2,1H3/b4-2+. The van der Waals surface area contributed by atoms with Crippen molar-refractivity contribution in [3.8, 4) is 0 Å². The lowest BCUT2D eigenvalue weighted by molar-refractivity contribution is -0.186. The number of hydrogen-bond donors (Lipinski definition) is 0. The Morgan fingerprint density at radius 2 is 1.33 bits per heavy atom. The van der Waals surface area contributed by atoms with Gasteiger partial charge in [-0.2, -0.15) is 8.78 Å². The lowest BCUT2D eigenvalue weighted by Crippen LogP contribution is -2.37. The fourth-order valence-electron chi connectivity index (χ4n) is 5.54. The van der Waals surface area contributed by atoms with Crippen LogP contribution in [0.1, 0.15) is 71.1 Å². The summed E-state index contributed by atoms with van der Waals surface area (Å²) in [5, 5.41) is 0. The molecule has 2 nitrogen and oxygen atoms in total. The topological polar surface area (TPSA) is 18.5 Å². The fraction of sp³-hybridized carbons (Fsp3) is 0.826. The second kappa shape index (κ2) is 10.7. The Kier molecular flexibility index (Phi) is 8.32. The van der Waals surface area contributed by atoms with Crippen LogP contribution in [0.15, 0.2) is 24.3 Å². The SMILES string of the molecule is C/C=C/C1OCC(C2CCC(C3CCC(CCC=C(F)F)CC3)CC2)CO1. The zero-order valence-corrected chi connectivity index (χ0v) is 16.8. The minimum atomic E-state index is -1.52. The number of ether oxygens (including phenoxy) is 2. The van der Waals surface area contributed by atoms with Gasteiger partial charge in [0.1, 0.15) is 0 Å². The van der Waals surface area contributed by atoms with Gasteiger partial charge in [-0.1, -0.05) is 18.9 Å². The minimum absolute atomic E-state index is 0.144. The van der Waals surface area contributed by atoms with Crippen LogP contribution in [0.2, 0.25) is 0 Å². The highest BCUT2D eigenvalue weighted by Gasteiger charge is 2.34. The highest BCUT2D eigenvalue weighted by Crippen LogP contribution is 2.44. The molecule has 0 radical (unpaired) electrons. The third-order valence-electron chi connectivity index (χ3n) is 7.21. The second-order valence-electron chi connectivity index (χ2n) is 8.85. The van der Waals surface area contributed by atoms with Gasteiger partial charge in [0.15, 0.2) is 6.29 Å². The van der Waals surface area contributed by atoms with Crippen LogP contribution in [-0.2, 0) is 9.47 Å². The van der Waals surface area contributed by atoms with Crippen LogP contribution in [0.4, 0.5) is 8.78 Å². The summed E-state index contributed by atoms with van der Waals surface area (Å²) in [6.45, 7) is 3.67. The minimum Gasteiger partial charge on any atom is -0.349 e. The van der Waals surface area contributed by atoms with E-state index in [1.807, 2.05) is 19.1 Å². The van der Waals surface area contributed by atoms with Gasteiger partial charge in [0, 0.05) is 5.92 Å². The summed E-state index contributed by atoms with van der Waals surface area (Å²) in [4.78, 5) is 0. The molecule has 1 heterocycles. The van der Waals surface area contributed by atoms with E-state index in [0.29, 0.717) is 18.3 Å². The molecule has 3 rings (SSSR count). The van der Waals surface area contributed by atoms with E-state index in [9.17, 15) is 8.78 Å². The smallest absolute Gasteiger partial charge is 0.266 e. The van der Waals surface area contributed by atoms with Crippen molar-refractivity contribution in [2.45, 2.75) is 77.4 Å². The van der Waals surface area contributed by atoms with Crippen molar-refractivity contribution in [2.24, 2.45) is 29.6 Å². The van der Waals surface area contributed by atoms with Crippen LogP contribution in [-0.4, -0.2) is 19.5 Å². The molecule has 4 heteroatoms. The van der Waals surface area contributed by atoms with Crippen molar-refractivity contribution in [2.75, 3.05) is 13.2 Å². The normalized spacial score (nSPS) is 38.0. The van der Waals surface area contributed by atoms with Crippen molar-refractivity contribution < 1.29 is 18.3 Å². The summed E-state index contributed by atoms with van der Waals surface area (Å²) in [5.41, 5.74) is 0. The summed E-state index contributed by atoms with van der Waals surface area (Å²) in [6.07, 6.45) is 15.3. The first kappa shape index (κ1) is 21.0. The molecule has 3 fully saturated rings. The van der Waals surface area contributed by atoms with Crippen LogP contribution >= 0.6 is 0 Å². The average Bonchev–Trinajstić information content (AvgIpc) is 2.69. The zero-order chi connectivity index (χ0) is 19.1. The first-order chi connectivity index (χ1) is 13.2. The second-order valence-corrected chi connectivity index (χ2v) is 8.85. The molecule has 0 N–H and O–H groups in total. The van der Waals surface area contributed by atoms with Gasteiger partial charge in [0.2, 0.25) is 0 Å². The molecule has 0 aromatic rings. The first-order valence-corrected chi connectivity index (χ1v) is 11.0. The highest BCUT2D eigenvalue weighted by molar-refractivity contribution is 4.88. The van der Waals surface area contributed by atoms with E-state index in [-0.39, 0.29) is 6.29 Å². The molecule has 27 heavy (non-hydrogen) atoms. The Labute approximate surface area is 163 Å². The van der Waals surface area contributed by atoms with Crippen molar-refractivity contribution in [1.82, 2.24) is 0 Å². The lowest BCUT2D eigenvalue weighted by atomic mass is 9.67. The monoisotopic (exact) mass is 382 g/mol. The summed E-state index contributed by atoms with van der Waals surface area (Å²) in [6, 6.07) is 0. The van der Waals surface area contributed by atoms with Gasteiger partial charge < -0.3 is 9.47 Å². The quantitative estimate of drug-likeness (QED) is 0.474. The van der Waals surface area contributed by atoms with E-state index >= 15 is 0 Å². The third-order valence-corrected chi connectivity index (χ3v) is 7.21. The van der Waals surface area contributed by atoms with Crippen LogP contribution in [0.5, 0.6) is 0 Å². The molecule has 0 amide bonds. The number of rotatable bonds is 6. The van der Waals surface area contributed by atoms with Gasteiger partial charge in [-0.3, -0.25) is 0 Å². The predicted octanol–water partition coefficient (Wildman–Crippen LogP) is 6.73. The third kappa shape index (κ3) is 6.39. The maximum absolute atomic E-state index is 12.2. The van der Waals surface area contributed by atoms with Crippen molar-refractivity contribution in [3.05, 3.63) is 24.3 Å². The average molecular weight is 383 g/mol. The van der Waals surface area contributed by atoms with Gasteiger partial charge in [0.05, 0.1) is 13.2 Å². The van der Waals surface area contributed by atoms with Crippen LogP contribution < -0.4 is 0 Å². The van der Waals surface area contributed by atoms with E-state index in [2.05, 4.69) is 0 Å².